The van der Waals surface area contributed by atoms with Crippen LogP contribution in [-0.2, 0) is 11.2 Å². The largest absolute Gasteiger partial charge is 0.353 e. The van der Waals surface area contributed by atoms with E-state index in [1.165, 1.54) is 10.5 Å². The molecule has 0 spiro atoms. The molecule has 1 aliphatic rings. The topological polar surface area (TPSA) is 41.1 Å². The molecule has 0 radical (unpaired) electrons. The minimum absolute atomic E-state index is 0.0745. The van der Waals surface area contributed by atoms with Gasteiger partial charge in [-0.15, -0.1) is 11.8 Å². The van der Waals surface area contributed by atoms with Crippen LogP contribution >= 0.6 is 11.8 Å². The fourth-order valence-corrected chi connectivity index (χ4v) is 3.37. The first-order valence-electron chi connectivity index (χ1n) is 6.40. The number of fused-ring (bicyclic) bond motifs is 1. The van der Waals surface area contributed by atoms with Crippen molar-refractivity contribution in [1.82, 2.24) is 10.6 Å². The molecule has 0 saturated heterocycles. The van der Waals surface area contributed by atoms with Crippen LogP contribution < -0.4 is 10.6 Å². The Kier molecular flexibility index (Phi) is 4.66. The van der Waals surface area contributed by atoms with Crippen molar-refractivity contribution in [3.05, 3.63) is 29.8 Å². The van der Waals surface area contributed by atoms with Crippen LogP contribution in [-0.4, -0.2) is 30.3 Å². The molecule has 1 amide bonds. The molecule has 2 N–H and O–H groups in total. The summed E-state index contributed by atoms with van der Waals surface area (Å²) < 4.78 is 0. The fraction of sp³-hybridized carbons (Fsp3) is 0.500. The highest BCUT2D eigenvalue weighted by Crippen LogP contribution is 2.36. The maximum absolute atomic E-state index is 11.5. The van der Waals surface area contributed by atoms with Gasteiger partial charge in [0.25, 0.3) is 0 Å². The zero-order chi connectivity index (χ0) is 13.0. The van der Waals surface area contributed by atoms with Crippen LogP contribution in [0, 0.1) is 0 Å². The van der Waals surface area contributed by atoms with Crippen LogP contribution in [0.15, 0.2) is 29.2 Å². The third-order valence-corrected chi connectivity index (χ3v) is 4.14. The van der Waals surface area contributed by atoms with Crippen LogP contribution in [0.25, 0.3) is 0 Å². The van der Waals surface area contributed by atoms with Crippen LogP contribution in [0.4, 0.5) is 0 Å². The van der Waals surface area contributed by atoms with E-state index in [0.717, 1.165) is 13.0 Å². The number of carbonyl (C=O) groups excluding carboxylic acids is 1. The molecule has 2 rings (SSSR count). The number of hydrogen-bond donors (Lipinski definition) is 2. The van der Waals surface area contributed by atoms with Crippen molar-refractivity contribution < 1.29 is 4.79 Å². The number of hydrogen-bond acceptors (Lipinski definition) is 3. The monoisotopic (exact) mass is 264 g/mol. The van der Waals surface area contributed by atoms with E-state index in [9.17, 15) is 4.79 Å². The van der Waals surface area contributed by atoms with E-state index < -0.39 is 0 Å². The summed E-state index contributed by atoms with van der Waals surface area (Å²) in [6.45, 7) is 5.24. The molecule has 18 heavy (non-hydrogen) atoms. The normalized spacial score (nSPS) is 17.8. The second-order valence-electron chi connectivity index (χ2n) is 4.90. The number of carbonyl (C=O) groups is 1. The first kappa shape index (κ1) is 13.4. The molecule has 0 fully saturated rings. The Morgan fingerprint density at radius 1 is 1.44 bits per heavy atom. The summed E-state index contributed by atoms with van der Waals surface area (Å²) in [4.78, 5) is 12.9. The van der Waals surface area contributed by atoms with Gasteiger partial charge in [-0.2, -0.15) is 0 Å². The molecule has 0 bridgehead atoms. The predicted octanol–water partition coefficient (Wildman–Crippen LogP) is 1.82. The Hall–Kier alpha value is -1.00. The second-order valence-corrected chi connectivity index (χ2v) is 6.25. The molecule has 1 atom stereocenters. The van der Waals surface area contributed by atoms with Gasteiger partial charge >= 0.3 is 0 Å². The summed E-state index contributed by atoms with van der Waals surface area (Å²) in [5, 5.41) is 6.66. The molecule has 1 aromatic rings. The first-order chi connectivity index (χ1) is 8.65. The summed E-state index contributed by atoms with van der Waals surface area (Å²) in [6.07, 6.45) is 1.10. The maximum atomic E-state index is 11.5. The van der Waals surface area contributed by atoms with Crippen molar-refractivity contribution in [3.63, 3.8) is 0 Å². The summed E-state index contributed by atoms with van der Waals surface area (Å²) in [5.74, 6) is 0.0745. The van der Waals surface area contributed by atoms with Gasteiger partial charge in [0.05, 0.1) is 6.54 Å². The summed E-state index contributed by atoms with van der Waals surface area (Å²) in [7, 11) is 0. The molecule has 1 unspecified atom stereocenters. The zero-order valence-electron chi connectivity index (χ0n) is 10.9. The smallest absolute Gasteiger partial charge is 0.234 e. The predicted molar refractivity (Wildman–Crippen MR) is 75.9 cm³/mol. The van der Waals surface area contributed by atoms with Crippen molar-refractivity contribution in [2.24, 2.45) is 0 Å². The lowest BCUT2D eigenvalue weighted by Crippen LogP contribution is -2.39. The van der Waals surface area contributed by atoms with E-state index >= 15 is 0 Å². The standard InChI is InChI=1S/C14H20N2OS/c1-10(2)16-14(17)9-15-8-12-7-11-5-3-4-6-13(11)18-12/h3-6,10,12,15H,7-9H2,1-2H3,(H,16,17). The van der Waals surface area contributed by atoms with E-state index in [0.29, 0.717) is 11.8 Å². The molecule has 0 saturated carbocycles. The molecule has 0 aliphatic carbocycles. The van der Waals surface area contributed by atoms with Gasteiger partial charge in [-0.3, -0.25) is 4.79 Å². The lowest BCUT2D eigenvalue weighted by Gasteiger charge is -2.11. The van der Waals surface area contributed by atoms with E-state index in [-0.39, 0.29) is 11.9 Å². The number of amides is 1. The van der Waals surface area contributed by atoms with Crippen molar-refractivity contribution in [2.75, 3.05) is 13.1 Å². The lowest BCUT2D eigenvalue weighted by molar-refractivity contribution is -0.120. The van der Waals surface area contributed by atoms with Gasteiger partial charge in [0.15, 0.2) is 0 Å². The van der Waals surface area contributed by atoms with Crippen molar-refractivity contribution in [2.45, 2.75) is 36.5 Å². The van der Waals surface area contributed by atoms with E-state index in [1.54, 1.807) is 0 Å². The molecular formula is C14H20N2OS. The van der Waals surface area contributed by atoms with Gasteiger partial charge < -0.3 is 10.6 Å². The van der Waals surface area contributed by atoms with E-state index in [1.807, 2.05) is 25.6 Å². The fourth-order valence-electron chi connectivity index (χ4n) is 2.09. The van der Waals surface area contributed by atoms with Crippen LogP contribution in [0.1, 0.15) is 19.4 Å². The number of rotatable bonds is 5. The van der Waals surface area contributed by atoms with Gasteiger partial charge in [0.1, 0.15) is 0 Å². The molecule has 4 heteroatoms. The Balaban J connectivity index is 1.69. The number of nitrogens with one attached hydrogen (secondary N) is 2. The minimum Gasteiger partial charge on any atom is -0.353 e. The Bertz CT molecular complexity index is 395. The van der Waals surface area contributed by atoms with Crippen LogP contribution in [0.2, 0.25) is 0 Å². The molecule has 0 aromatic heterocycles. The molecule has 1 heterocycles. The average Bonchev–Trinajstić information content (AvgIpc) is 2.70. The van der Waals surface area contributed by atoms with Crippen LogP contribution in [0.5, 0.6) is 0 Å². The number of thioether (sulfide) groups is 1. The minimum atomic E-state index is 0.0745. The van der Waals surface area contributed by atoms with Gasteiger partial charge in [0.2, 0.25) is 5.91 Å². The van der Waals surface area contributed by atoms with Crippen molar-refractivity contribution in [1.29, 1.82) is 0 Å². The highest BCUT2D eigenvalue weighted by molar-refractivity contribution is 8.00. The summed E-state index contributed by atoms with van der Waals surface area (Å²) in [6, 6.07) is 8.74. The molecule has 1 aromatic carbocycles. The Morgan fingerprint density at radius 2 is 2.22 bits per heavy atom. The van der Waals surface area contributed by atoms with Crippen molar-refractivity contribution in [3.8, 4) is 0 Å². The quantitative estimate of drug-likeness (QED) is 0.852. The molecule has 1 aliphatic heterocycles. The summed E-state index contributed by atoms with van der Waals surface area (Å²) >= 11 is 1.91. The van der Waals surface area contributed by atoms with Gasteiger partial charge in [-0.05, 0) is 31.9 Å². The number of benzene rings is 1. The Morgan fingerprint density at radius 3 is 2.94 bits per heavy atom. The third-order valence-electron chi connectivity index (χ3n) is 2.82. The van der Waals surface area contributed by atoms with E-state index in [4.69, 9.17) is 0 Å². The second kappa shape index (κ2) is 6.25. The third kappa shape index (κ3) is 3.75. The summed E-state index contributed by atoms with van der Waals surface area (Å²) in [5.41, 5.74) is 1.43. The van der Waals surface area contributed by atoms with Gasteiger partial charge in [-0.25, -0.2) is 0 Å². The zero-order valence-corrected chi connectivity index (χ0v) is 11.7. The lowest BCUT2D eigenvalue weighted by atomic mass is 10.1. The molecular weight excluding hydrogens is 244 g/mol. The van der Waals surface area contributed by atoms with Gasteiger partial charge in [0, 0.05) is 22.7 Å². The van der Waals surface area contributed by atoms with Gasteiger partial charge in [-0.1, -0.05) is 18.2 Å². The van der Waals surface area contributed by atoms with E-state index in [2.05, 4.69) is 34.9 Å². The molecule has 3 nitrogen and oxygen atoms in total. The highest BCUT2D eigenvalue weighted by Gasteiger charge is 2.21. The Labute approximate surface area is 113 Å². The maximum Gasteiger partial charge on any atom is 0.234 e. The highest BCUT2D eigenvalue weighted by atomic mass is 32.2. The first-order valence-corrected chi connectivity index (χ1v) is 7.28. The molecule has 98 valence electrons. The van der Waals surface area contributed by atoms with Crippen molar-refractivity contribution >= 4 is 17.7 Å². The SMILES string of the molecule is CC(C)NC(=O)CNCC1Cc2ccccc2S1. The van der Waals surface area contributed by atoms with Crippen LogP contribution in [0.3, 0.4) is 0 Å². The average molecular weight is 264 g/mol.